The highest BCUT2D eigenvalue weighted by molar-refractivity contribution is 5.74. The van der Waals surface area contributed by atoms with E-state index in [1.807, 2.05) is 43.3 Å². The molecule has 1 aliphatic carbocycles. The summed E-state index contributed by atoms with van der Waals surface area (Å²) in [7, 11) is 0. The lowest BCUT2D eigenvalue weighted by Crippen LogP contribution is -2.06. The third-order valence-corrected chi connectivity index (χ3v) is 7.31. The predicted molar refractivity (Wildman–Crippen MR) is 145 cm³/mol. The van der Waals surface area contributed by atoms with Gasteiger partial charge in [0.25, 0.3) is 0 Å². The van der Waals surface area contributed by atoms with E-state index in [0.717, 1.165) is 41.9 Å². The quantitative estimate of drug-likeness (QED) is 0.263. The molecule has 188 valence electrons. The molecule has 0 heterocycles. The Bertz CT molecular complexity index is 1230. The van der Waals surface area contributed by atoms with E-state index in [2.05, 4.69) is 13.0 Å². The molecule has 0 bridgehead atoms. The summed E-state index contributed by atoms with van der Waals surface area (Å²) in [5.74, 6) is -1.10. The Labute approximate surface area is 213 Å². The minimum Gasteiger partial charge on any atom is -0.206 e. The molecule has 1 atom stereocenters. The first kappa shape index (κ1) is 26.0. The number of benzene rings is 3. The average Bonchev–Trinajstić information content (AvgIpc) is 2.90. The third kappa shape index (κ3) is 6.00. The lowest BCUT2D eigenvalue weighted by atomic mass is 9.83. The van der Waals surface area contributed by atoms with Crippen LogP contribution in [0.15, 0.2) is 72.8 Å². The van der Waals surface area contributed by atoms with Crippen molar-refractivity contribution in [2.24, 2.45) is 5.92 Å². The second-order valence-corrected chi connectivity index (χ2v) is 9.79. The number of aryl methyl sites for hydroxylation is 1. The first-order valence-electron chi connectivity index (χ1n) is 13.2. The van der Waals surface area contributed by atoms with Crippen LogP contribution in [0.25, 0.3) is 27.8 Å². The largest absolute Gasteiger partial charge is 0.206 e. The fraction of sp³-hybridized carbons (Fsp3) is 0.333. The first-order chi connectivity index (χ1) is 17.5. The zero-order chi connectivity index (χ0) is 25.5. The molecule has 1 aliphatic rings. The van der Waals surface area contributed by atoms with Crippen LogP contribution in [0.4, 0.5) is 13.2 Å². The smallest absolute Gasteiger partial charge is 0.166 e. The van der Waals surface area contributed by atoms with E-state index in [1.165, 1.54) is 19.3 Å². The Morgan fingerprint density at radius 1 is 0.861 bits per heavy atom. The maximum absolute atomic E-state index is 15.1. The van der Waals surface area contributed by atoms with Gasteiger partial charge in [0.1, 0.15) is 5.82 Å². The monoisotopic (exact) mass is 488 g/mol. The van der Waals surface area contributed by atoms with Gasteiger partial charge in [-0.1, -0.05) is 92.9 Å². The highest BCUT2D eigenvalue weighted by atomic mass is 19.2. The molecular weight excluding hydrogens is 453 g/mol. The molecule has 0 saturated carbocycles. The minimum absolute atomic E-state index is 0.212. The van der Waals surface area contributed by atoms with Crippen LogP contribution in [-0.2, 0) is 6.42 Å². The van der Waals surface area contributed by atoms with Crippen molar-refractivity contribution in [3.05, 3.63) is 101 Å². The fourth-order valence-electron chi connectivity index (χ4n) is 5.10. The zero-order valence-corrected chi connectivity index (χ0v) is 21.3. The summed E-state index contributed by atoms with van der Waals surface area (Å²) in [6, 6.07) is 15.9. The van der Waals surface area contributed by atoms with Crippen molar-refractivity contribution >= 4 is 5.57 Å². The standard InChI is InChI=1S/C33H35F3/c1-3-5-7-9-27-18-21-30(33(36)32(27)35)26-16-14-24(15-17-26)28-19-20-29(31(34)22-28)25-12-10-23(11-13-25)8-6-4-2/h3,5,12,14-23H,4,6-11,13H2,1-2H3/b5-3+. The van der Waals surface area contributed by atoms with E-state index >= 15 is 4.39 Å². The Hall–Kier alpha value is -3.07. The number of hydrogen-bond acceptors (Lipinski definition) is 0. The van der Waals surface area contributed by atoms with Crippen LogP contribution in [0.1, 0.15) is 69.9 Å². The van der Waals surface area contributed by atoms with Gasteiger partial charge >= 0.3 is 0 Å². The Morgan fingerprint density at radius 3 is 2.25 bits per heavy atom. The second kappa shape index (κ2) is 12.3. The molecule has 0 nitrogen and oxygen atoms in total. The van der Waals surface area contributed by atoms with Gasteiger partial charge in [0.15, 0.2) is 11.6 Å². The Morgan fingerprint density at radius 2 is 1.58 bits per heavy atom. The van der Waals surface area contributed by atoms with Gasteiger partial charge in [0.2, 0.25) is 0 Å². The van der Waals surface area contributed by atoms with Gasteiger partial charge in [0.05, 0.1) is 0 Å². The van der Waals surface area contributed by atoms with E-state index in [9.17, 15) is 8.78 Å². The van der Waals surface area contributed by atoms with Crippen molar-refractivity contribution in [1.82, 2.24) is 0 Å². The van der Waals surface area contributed by atoms with Crippen LogP contribution < -0.4 is 0 Å². The molecular formula is C33H35F3. The number of rotatable bonds is 9. The topological polar surface area (TPSA) is 0 Å². The highest BCUT2D eigenvalue weighted by Crippen LogP contribution is 2.35. The van der Waals surface area contributed by atoms with E-state index in [-0.39, 0.29) is 11.4 Å². The summed E-state index contributed by atoms with van der Waals surface area (Å²) in [6.45, 7) is 4.13. The molecule has 0 aliphatic heterocycles. The maximum Gasteiger partial charge on any atom is 0.166 e. The summed E-state index contributed by atoms with van der Waals surface area (Å²) in [6.07, 6.45) is 14.0. The molecule has 36 heavy (non-hydrogen) atoms. The molecule has 0 aromatic heterocycles. The first-order valence-corrected chi connectivity index (χ1v) is 13.2. The van der Waals surface area contributed by atoms with Crippen molar-refractivity contribution in [2.45, 2.75) is 65.2 Å². The Kier molecular flexibility index (Phi) is 8.85. The lowest BCUT2D eigenvalue weighted by molar-refractivity contribution is 0.433. The van der Waals surface area contributed by atoms with Crippen molar-refractivity contribution < 1.29 is 13.2 Å². The SMILES string of the molecule is C/C=C/CCc1ccc(-c2ccc(-c3ccc(C4=CCC(CCCC)CC4)c(F)c3)cc2)c(F)c1F. The van der Waals surface area contributed by atoms with Crippen molar-refractivity contribution in [1.29, 1.82) is 0 Å². The van der Waals surface area contributed by atoms with Crippen LogP contribution in [-0.4, -0.2) is 0 Å². The van der Waals surface area contributed by atoms with Crippen LogP contribution in [0.3, 0.4) is 0 Å². The molecule has 0 fully saturated rings. The lowest BCUT2D eigenvalue weighted by Gasteiger charge is -2.22. The number of halogens is 3. The summed E-state index contributed by atoms with van der Waals surface area (Å²) in [4.78, 5) is 0. The van der Waals surface area contributed by atoms with Crippen molar-refractivity contribution in [3.63, 3.8) is 0 Å². The minimum atomic E-state index is -0.825. The van der Waals surface area contributed by atoms with Gasteiger partial charge in [-0.15, -0.1) is 0 Å². The van der Waals surface area contributed by atoms with Crippen LogP contribution in [0.5, 0.6) is 0 Å². The van der Waals surface area contributed by atoms with Crippen molar-refractivity contribution in [2.75, 3.05) is 0 Å². The van der Waals surface area contributed by atoms with E-state index < -0.39 is 11.6 Å². The number of allylic oxidation sites excluding steroid dienone is 4. The van der Waals surface area contributed by atoms with Crippen LogP contribution >= 0.6 is 0 Å². The van der Waals surface area contributed by atoms with Crippen LogP contribution in [0.2, 0.25) is 0 Å². The summed E-state index contributed by atoms with van der Waals surface area (Å²) < 4.78 is 44.5. The van der Waals surface area contributed by atoms with Gasteiger partial charge in [-0.2, -0.15) is 0 Å². The summed E-state index contributed by atoms with van der Waals surface area (Å²) in [5, 5.41) is 0. The fourth-order valence-corrected chi connectivity index (χ4v) is 5.10. The third-order valence-electron chi connectivity index (χ3n) is 7.31. The maximum atomic E-state index is 15.1. The zero-order valence-electron chi connectivity index (χ0n) is 21.3. The molecule has 3 aromatic rings. The average molecular weight is 489 g/mol. The molecule has 3 heteroatoms. The molecule has 1 unspecified atom stereocenters. The molecule has 0 saturated heterocycles. The van der Waals surface area contributed by atoms with Crippen molar-refractivity contribution in [3.8, 4) is 22.3 Å². The second-order valence-electron chi connectivity index (χ2n) is 9.79. The van der Waals surface area contributed by atoms with Gasteiger partial charge in [-0.05, 0) is 78.8 Å². The predicted octanol–water partition coefficient (Wildman–Crippen LogP) is 10.3. The highest BCUT2D eigenvalue weighted by Gasteiger charge is 2.18. The van der Waals surface area contributed by atoms with Crippen LogP contribution in [0, 0.1) is 23.4 Å². The van der Waals surface area contributed by atoms with Gasteiger partial charge in [-0.25, -0.2) is 13.2 Å². The van der Waals surface area contributed by atoms with E-state index in [0.29, 0.717) is 29.5 Å². The molecule has 0 radical (unpaired) electrons. The van der Waals surface area contributed by atoms with E-state index in [4.69, 9.17) is 0 Å². The number of unbranched alkanes of at least 4 members (excludes halogenated alkanes) is 1. The normalized spacial score (nSPS) is 15.9. The molecule has 0 spiro atoms. The number of hydrogen-bond donors (Lipinski definition) is 0. The molecule has 0 amide bonds. The van der Waals surface area contributed by atoms with E-state index in [1.54, 1.807) is 30.3 Å². The van der Waals surface area contributed by atoms with Gasteiger partial charge in [0, 0.05) is 11.1 Å². The van der Waals surface area contributed by atoms with Gasteiger partial charge < -0.3 is 0 Å². The summed E-state index contributed by atoms with van der Waals surface area (Å²) >= 11 is 0. The van der Waals surface area contributed by atoms with Gasteiger partial charge in [-0.3, -0.25) is 0 Å². The summed E-state index contributed by atoms with van der Waals surface area (Å²) in [5.41, 5.74) is 4.61. The molecule has 4 rings (SSSR count). The Balaban J connectivity index is 1.49. The molecule has 3 aromatic carbocycles. The molecule has 0 N–H and O–H groups in total.